The van der Waals surface area contributed by atoms with Crippen LogP contribution >= 0.6 is 0 Å². The fraction of sp³-hybridized carbons (Fsp3) is 0.640. The smallest absolute Gasteiger partial charge is 0.319 e. The third-order valence-corrected chi connectivity index (χ3v) is 6.99. The van der Waals surface area contributed by atoms with E-state index < -0.39 is 0 Å². The Bertz CT molecular complexity index is 840. The molecule has 0 spiro atoms. The van der Waals surface area contributed by atoms with Gasteiger partial charge in [0, 0.05) is 69.0 Å². The molecule has 180 valence electrons. The predicted octanol–water partition coefficient (Wildman–Crippen LogP) is 3.05. The monoisotopic (exact) mass is 455 g/mol. The minimum Gasteiger partial charge on any atom is -0.371 e. The Morgan fingerprint density at radius 3 is 2.27 bits per heavy atom. The molecule has 3 saturated heterocycles. The number of hydrogen-bond acceptors (Lipinski definition) is 4. The van der Waals surface area contributed by atoms with Crippen LogP contribution in [0.5, 0.6) is 0 Å². The molecule has 0 aromatic heterocycles. The first-order valence-corrected chi connectivity index (χ1v) is 12.5. The topological polar surface area (TPSA) is 85.0 Å². The molecule has 2 N–H and O–H groups in total. The first-order chi connectivity index (χ1) is 16.0. The second kappa shape index (κ2) is 10.9. The molecule has 3 heterocycles. The van der Waals surface area contributed by atoms with Gasteiger partial charge in [-0.05, 0) is 63.6 Å². The van der Waals surface area contributed by atoms with Crippen LogP contribution in [0.15, 0.2) is 24.3 Å². The molecule has 1 atom stereocenters. The standard InChI is InChI=1S/C25H37N5O3/c1-19(17-23(31)27-21-7-6-8-22(18-21)28-11-2-3-12-28)26-24(32)20-9-15-30(16-10-20)25(33)29-13-4-5-14-29/h6-8,18-20H,2-5,9-17H2,1H3,(H,26,32)(H,27,31). The highest BCUT2D eigenvalue weighted by atomic mass is 16.2. The quantitative estimate of drug-likeness (QED) is 0.691. The molecule has 0 bridgehead atoms. The summed E-state index contributed by atoms with van der Waals surface area (Å²) in [6.45, 7) is 6.93. The molecule has 1 aromatic carbocycles. The van der Waals surface area contributed by atoms with Crippen LogP contribution in [-0.4, -0.2) is 73.0 Å². The molecular weight excluding hydrogens is 418 g/mol. The van der Waals surface area contributed by atoms with Gasteiger partial charge in [-0.1, -0.05) is 6.07 Å². The van der Waals surface area contributed by atoms with E-state index in [-0.39, 0.29) is 36.2 Å². The van der Waals surface area contributed by atoms with Crippen LogP contribution in [0.1, 0.15) is 51.9 Å². The van der Waals surface area contributed by atoms with Gasteiger partial charge in [0.15, 0.2) is 0 Å². The number of benzene rings is 1. The van der Waals surface area contributed by atoms with Crippen LogP contribution in [0.4, 0.5) is 16.2 Å². The van der Waals surface area contributed by atoms with Crippen LogP contribution in [0.3, 0.4) is 0 Å². The molecule has 1 unspecified atom stereocenters. The van der Waals surface area contributed by atoms with Crippen LogP contribution in [0.2, 0.25) is 0 Å². The van der Waals surface area contributed by atoms with Crippen molar-refractivity contribution >= 4 is 29.2 Å². The SMILES string of the molecule is CC(CC(=O)Nc1cccc(N2CCCC2)c1)NC(=O)C1CCN(C(=O)N2CCCC2)CC1. The van der Waals surface area contributed by atoms with Crippen molar-refractivity contribution in [3.8, 4) is 0 Å². The molecule has 4 rings (SSSR count). The molecular formula is C25H37N5O3. The van der Waals surface area contributed by atoms with Crippen LogP contribution in [-0.2, 0) is 9.59 Å². The van der Waals surface area contributed by atoms with E-state index in [1.54, 1.807) is 0 Å². The van der Waals surface area contributed by atoms with Crippen molar-refractivity contribution < 1.29 is 14.4 Å². The summed E-state index contributed by atoms with van der Waals surface area (Å²) in [6, 6.07) is 7.83. The molecule has 3 fully saturated rings. The maximum absolute atomic E-state index is 12.7. The number of carbonyl (C=O) groups is 3. The molecule has 0 radical (unpaired) electrons. The lowest BCUT2D eigenvalue weighted by atomic mass is 9.95. The third kappa shape index (κ3) is 6.18. The van der Waals surface area contributed by atoms with E-state index in [0.717, 1.165) is 50.4 Å². The van der Waals surface area contributed by atoms with E-state index in [2.05, 4.69) is 21.6 Å². The zero-order valence-corrected chi connectivity index (χ0v) is 19.7. The summed E-state index contributed by atoms with van der Waals surface area (Å²) in [7, 11) is 0. The van der Waals surface area contributed by atoms with Gasteiger partial charge in [0.25, 0.3) is 0 Å². The Labute approximate surface area is 196 Å². The van der Waals surface area contributed by atoms with Crippen molar-refractivity contribution in [2.45, 2.75) is 57.9 Å². The molecule has 3 aliphatic rings. The summed E-state index contributed by atoms with van der Waals surface area (Å²) < 4.78 is 0. The fourth-order valence-corrected chi connectivity index (χ4v) is 5.10. The number of anilines is 2. The second-order valence-electron chi connectivity index (χ2n) is 9.64. The van der Waals surface area contributed by atoms with Crippen LogP contribution in [0, 0.1) is 5.92 Å². The number of nitrogens with zero attached hydrogens (tertiary/aromatic N) is 3. The van der Waals surface area contributed by atoms with Gasteiger partial charge >= 0.3 is 6.03 Å². The Hall–Kier alpha value is -2.77. The van der Waals surface area contributed by atoms with Crippen molar-refractivity contribution in [1.82, 2.24) is 15.1 Å². The van der Waals surface area contributed by atoms with Crippen LogP contribution < -0.4 is 15.5 Å². The van der Waals surface area contributed by atoms with E-state index in [4.69, 9.17) is 0 Å². The Morgan fingerprint density at radius 1 is 0.939 bits per heavy atom. The minimum atomic E-state index is -0.247. The lowest BCUT2D eigenvalue weighted by Gasteiger charge is -2.34. The molecule has 33 heavy (non-hydrogen) atoms. The Balaban J connectivity index is 1.19. The normalized spacial score (nSPS) is 20.1. The summed E-state index contributed by atoms with van der Waals surface area (Å²) in [6.07, 6.45) is 6.16. The molecule has 0 aliphatic carbocycles. The highest BCUT2D eigenvalue weighted by Crippen LogP contribution is 2.24. The van der Waals surface area contributed by atoms with Gasteiger partial charge in [-0.2, -0.15) is 0 Å². The summed E-state index contributed by atoms with van der Waals surface area (Å²) in [5, 5.41) is 5.97. The largest absolute Gasteiger partial charge is 0.371 e. The van der Waals surface area contributed by atoms with Gasteiger partial charge in [0.05, 0.1) is 0 Å². The van der Waals surface area contributed by atoms with Gasteiger partial charge in [-0.3, -0.25) is 9.59 Å². The van der Waals surface area contributed by atoms with Gasteiger partial charge in [0.2, 0.25) is 11.8 Å². The third-order valence-electron chi connectivity index (χ3n) is 6.99. The highest BCUT2D eigenvalue weighted by molar-refractivity contribution is 5.92. The number of urea groups is 1. The number of amides is 4. The molecule has 3 aliphatic heterocycles. The van der Waals surface area contributed by atoms with E-state index >= 15 is 0 Å². The van der Waals surface area contributed by atoms with E-state index in [1.165, 1.54) is 12.8 Å². The summed E-state index contributed by atoms with van der Waals surface area (Å²) >= 11 is 0. The zero-order valence-electron chi connectivity index (χ0n) is 19.7. The molecule has 8 nitrogen and oxygen atoms in total. The molecule has 8 heteroatoms. The minimum absolute atomic E-state index is 0.0143. The molecule has 1 aromatic rings. The van der Waals surface area contributed by atoms with E-state index in [1.807, 2.05) is 34.9 Å². The maximum Gasteiger partial charge on any atom is 0.319 e. The fourth-order valence-electron chi connectivity index (χ4n) is 5.10. The van der Waals surface area contributed by atoms with Gasteiger partial charge in [-0.15, -0.1) is 0 Å². The number of nitrogens with one attached hydrogen (secondary N) is 2. The number of hydrogen-bond donors (Lipinski definition) is 2. The Morgan fingerprint density at radius 2 is 1.58 bits per heavy atom. The lowest BCUT2D eigenvalue weighted by Crippen LogP contribution is -2.48. The summed E-state index contributed by atoms with van der Waals surface area (Å²) in [4.78, 5) is 43.9. The number of likely N-dealkylation sites (tertiary alicyclic amines) is 2. The van der Waals surface area contributed by atoms with E-state index in [9.17, 15) is 14.4 Å². The number of rotatable bonds is 6. The van der Waals surface area contributed by atoms with Crippen molar-refractivity contribution in [3.05, 3.63) is 24.3 Å². The van der Waals surface area contributed by atoms with Gasteiger partial charge in [-0.25, -0.2) is 4.79 Å². The number of carbonyl (C=O) groups excluding carboxylic acids is 3. The lowest BCUT2D eigenvalue weighted by molar-refractivity contribution is -0.127. The first kappa shape index (κ1) is 23.4. The zero-order chi connectivity index (χ0) is 23.2. The Kier molecular flexibility index (Phi) is 7.73. The average molecular weight is 456 g/mol. The van der Waals surface area contributed by atoms with Gasteiger partial charge in [0.1, 0.15) is 0 Å². The summed E-state index contributed by atoms with van der Waals surface area (Å²) in [5.74, 6) is -0.220. The van der Waals surface area contributed by atoms with E-state index in [0.29, 0.717) is 25.9 Å². The van der Waals surface area contributed by atoms with Crippen molar-refractivity contribution in [2.75, 3.05) is 49.5 Å². The van der Waals surface area contributed by atoms with Gasteiger partial charge < -0.3 is 25.3 Å². The first-order valence-electron chi connectivity index (χ1n) is 12.5. The average Bonchev–Trinajstić information content (AvgIpc) is 3.53. The van der Waals surface area contributed by atoms with Crippen molar-refractivity contribution in [1.29, 1.82) is 0 Å². The highest BCUT2D eigenvalue weighted by Gasteiger charge is 2.31. The predicted molar refractivity (Wildman–Crippen MR) is 129 cm³/mol. The summed E-state index contributed by atoms with van der Waals surface area (Å²) in [5.41, 5.74) is 1.93. The molecule has 0 saturated carbocycles. The second-order valence-corrected chi connectivity index (χ2v) is 9.64. The number of piperidine rings is 1. The van der Waals surface area contributed by atoms with Crippen LogP contribution in [0.25, 0.3) is 0 Å². The molecule has 4 amide bonds. The van der Waals surface area contributed by atoms with Crippen molar-refractivity contribution in [2.24, 2.45) is 5.92 Å². The maximum atomic E-state index is 12.7. The van der Waals surface area contributed by atoms with Crippen molar-refractivity contribution in [3.63, 3.8) is 0 Å².